The second-order valence-corrected chi connectivity index (χ2v) is 7.90. The van der Waals surface area contributed by atoms with Gasteiger partial charge in [0, 0.05) is 22.9 Å². The highest BCUT2D eigenvalue weighted by Gasteiger charge is 2.12. The van der Waals surface area contributed by atoms with Gasteiger partial charge in [0.15, 0.2) is 0 Å². The molecule has 0 aliphatic heterocycles. The number of anilines is 2. The number of amides is 1. The van der Waals surface area contributed by atoms with Gasteiger partial charge in [0.1, 0.15) is 5.75 Å². The van der Waals surface area contributed by atoms with Crippen molar-refractivity contribution in [3.63, 3.8) is 0 Å². The van der Waals surface area contributed by atoms with Crippen molar-refractivity contribution in [3.8, 4) is 5.75 Å². The molecular formula is C24H25ClN2O2. The molecule has 4 nitrogen and oxygen atoms in total. The van der Waals surface area contributed by atoms with E-state index >= 15 is 0 Å². The predicted molar refractivity (Wildman–Crippen MR) is 120 cm³/mol. The summed E-state index contributed by atoms with van der Waals surface area (Å²) in [5, 5.41) is 16.4. The quantitative estimate of drug-likeness (QED) is 0.442. The van der Waals surface area contributed by atoms with E-state index < -0.39 is 5.91 Å². The van der Waals surface area contributed by atoms with Gasteiger partial charge in [0.05, 0.1) is 5.56 Å². The molecule has 0 aromatic heterocycles. The number of benzene rings is 3. The van der Waals surface area contributed by atoms with Crippen LogP contribution in [0.1, 0.15) is 35.3 Å². The molecular weight excluding hydrogens is 384 g/mol. The Hall–Kier alpha value is -2.98. The normalized spacial score (nSPS) is 10.8. The average molecular weight is 409 g/mol. The van der Waals surface area contributed by atoms with Crippen LogP contribution in [0.4, 0.5) is 11.4 Å². The van der Waals surface area contributed by atoms with Crippen LogP contribution in [0.15, 0.2) is 66.7 Å². The van der Waals surface area contributed by atoms with Crippen LogP contribution in [0, 0.1) is 5.92 Å². The van der Waals surface area contributed by atoms with Gasteiger partial charge in [-0.25, -0.2) is 0 Å². The first-order valence-corrected chi connectivity index (χ1v) is 10.00. The standard InChI is InChI=1S/C24H25ClN2O2/c1-16(2)12-17-6-8-18(9-7-17)15-26-20-4-3-5-21(14-20)27-24(29)22-13-19(25)10-11-23(22)28/h3-11,13-14,16,26,28H,12,15H2,1-2H3,(H,27,29). The summed E-state index contributed by atoms with van der Waals surface area (Å²) in [7, 11) is 0. The molecule has 1 amide bonds. The number of hydrogen-bond donors (Lipinski definition) is 3. The molecule has 0 bridgehead atoms. The van der Waals surface area contributed by atoms with Crippen LogP contribution >= 0.6 is 11.6 Å². The molecule has 150 valence electrons. The van der Waals surface area contributed by atoms with Crippen LogP contribution in [0.5, 0.6) is 5.75 Å². The van der Waals surface area contributed by atoms with E-state index in [1.807, 2.05) is 18.2 Å². The molecule has 0 fully saturated rings. The molecule has 3 rings (SSSR count). The Morgan fingerprint density at radius 3 is 2.38 bits per heavy atom. The van der Waals surface area contributed by atoms with Gasteiger partial charge in [-0.15, -0.1) is 0 Å². The number of hydrogen-bond acceptors (Lipinski definition) is 3. The molecule has 3 aromatic rings. The van der Waals surface area contributed by atoms with Crippen molar-refractivity contribution in [2.75, 3.05) is 10.6 Å². The third-order valence-electron chi connectivity index (χ3n) is 4.49. The first-order chi connectivity index (χ1) is 13.9. The third-order valence-corrected chi connectivity index (χ3v) is 4.72. The fourth-order valence-electron chi connectivity index (χ4n) is 3.06. The lowest BCUT2D eigenvalue weighted by atomic mass is 10.0. The van der Waals surface area contributed by atoms with Crippen LogP contribution < -0.4 is 10.6 Å². The zero-order chi connectivity index (χ0) is 20.8. The van der Waals surface area contributed by atoms with Crippen LogP contribution in [0.25, 0.3) is 0 Å². The van der Waals surface area contributed by atoms with E-state index in [9.17, 15) is 9.90 Å². The molecule has 0 aliphatic carbocycles. The first-order valence-electron chi connectivity index (χ1n) is 9.62. The highest BCUT2D eigenvalue weighted by Crippen LogP contribution is 2.23. The summed E-state index contributed by atoms with van der Waals surface area (Å²) in [4.78, 5) is 12.4. The van der Waals surface area contributed by atoms with E-state index in [0.717, 1.165) is 12.1 Å². The number of rotatable bonds is 7. The fraction of sp³-hybridized carbons (Fsp3) is 0.208. The van der Waals surface area contributed by atoms with E-state index in [4.69, 9.17) is 11.6 Å². The smallest absolute Gasteiger partial charge is 0.259 e. The van der Waals surface area contributed by atoms with Crippen molar-refractivity contribution in [1.82, 2.24) is 0 Å². The van der Waals surface area contributed by atoms with Crippen molar-refractivity contribution >= 4 is 28.9 Å². The molecule has 29 heavy (non-hydrogen) atoms. The van der Waals surface area contributed by atoms with Crippen molar-refractivity contribution in [1.29, 1.82) is 0 Å². The lowest BCUT2D eigenvalue weighted by molar-refractivity contribution is 0.102. The Balaban J connectivity index is 1.62. The zero-order valence-corrected chi connectivity index (χ0v) is 17.3. The number of phenols is 1. The minimum Gasteiger partial charge on any atom is -0.507 e. The Labute approximate surface area is 176 Å². The fourth-order valence-corrected chi connectivity index (χ4v) is 3.24. The minimum atomic E-state index is -0.414. The summed E-state index contributed by atoms with van der Waals surface area (Å²) in [5.74, 6) is 0.121. The topological polar surface area (TPSA) is 61.4 Å². The minimum absolute atomic E-state index is 0.109. The van der Waals surface area contributed by atoms with Crippen molar-refractivity contribution in [3.05, 3.63) is 88.4 Å². The van der Waals surface area contributed by atoms with E-state index in [-0.39, 0.29) is 11.3 Å². The number of carbonyl (C=O) groups is 1. The first kappa shape index (κ1) is 20.7. The Bertz CT molecular complexity index is 984. The molecule has 0 aliphatic rings. The Morgan fingerprint density at radius 2 is 1.66 bits per heavy atom. The summed E-state index contributed by atoms with van der Waals surface area (Å²) in [5.41, 5.74) is 4.20. The number of halogens is 1. The maximum atomic E-state index is 12.4. The highest BCUT2D eigenvalue weighted by atomic mass is 35.5. The molecule has 0 saturated heterocycles. The highest BCUT2D eigenvalue weighted by molar-refractivity contribution is 6.31. The second-order valence-electron chi connectivity index (χ2n) is 7.46. The molecule has 0 atom stereocenters. The second kappa shape index (κ2) is 9.48. The van der Waals surface area contributed by atoms with Crippen molar-refractivity contribution in [2.24, 2.45) is 5.92 Å². The maximum absolute atomic E-state index is 12.4. The Kier molecular flexibility index (Phi) is 6.78. The lowest BCUT2D eigenvalue weighted by Crippen LogP contribution is -2.12. The number of nitrogens with one attached hydrogen (secondary N) is 2. The molecule has 0 radical (unpaired) electrons. The molecule has 3 aromatic carbocycles. The summed E-state index contributed by atoms with van der Waals surface area (Å²) in [6.45, 7) is 5.12. The van der Waals surface area contributed by atoms with Gasteiger partial charge in [0.2, 0.25) is 0 Å². The van der Waals surface area contributed by atoms with E-state index in [2.05, 4.69) is 48.7 Å². The number of aromatic hydroxyl groups is 1. The largest absolute Gasteiger partial charge is 0.507 e. The summed E-state index contributed by atoms with van der Waals surface area (Å²) >= 11 is 5.92. The summed E-state index contributed by atoms with van der Waals surface area (Å²) in [6, 6.07) is 20.5. The summed E-state index contributed by atoms with van der Waals surface area (Å²) in [6.07, 6.45) is 1.08. The van der Waals surface area contributed by atoms with Gasteiger partial charge in [-0.2, -0.15) is 0 Å². The van der Waals surface area contributed by atoms with Gasteiger partial charge >= 0.3 is 0 Å². The number of carbonyl (C=O) groups excluding carboxylic acids is 1. The van der Waals surface area contributed by atoms with Crippen LogP contribution in [0.3, 0.4) is 0 Å². The van der Waals surface area contributed by atoms with Gasteiger partial charge < -0.3 is 15.7 Å². The van der Waals surface area contributed by atoms with Gasteiger partial charge in [0.25, 0.3) is 5.91 Å². The van der Waals surface area contributed by atoms with Crippen LogP contribution in [0.2, 0.25) is 5.02 Å². The van der Waals surface area contributed by atoms with Crippen LogP contribution in [-0.4, -0.2) is 11.0 Å². The zero-order valence-electron chi connectivity index (χ0n) is 16.6. The van der Waals surface area contributed by atoms with Crippen molar-refractivity contribution < 1.29 is 9.90 Å². The molecule has 5 heteroatoms. The maximum Gasteiger partial charge on any atom is 0.259 e. The van der Waals surface area contributed by atoms with Gasteiger partial charge in [-0.1, -0.05) is 55.8 Å². The lowest BCUT2D eigenvalue weighted by Gasteiger charge is -2.11. The van der Waals surface area contributed by atoms with Crippen LogP contribution in [-0.2, 0) is 13.0 Å². The molecule has 0 unspecified atom stereocenters. The Morgan fingerprint density at radius 1 is 0.966 bits per heavy atom. The van der Waals surface area contributed by atoms with E-state index in [1.54, 1.807) is 6.07 Å². The third kappa shape index (κ3) is 6.00. The van der Waals surface area contributed by atoms with Gasteiger partial charge in [-0.3, -0.25) is 4.79 Å². The van der Waals surface area contributed by atoms with Gasteiger partial charge in [-0.05, 0) is 59.9 Å². The predicted octanol–water partition coefficient (Wildman–Crippen LogP) is 6.11. The molecule has 0 spiro atoms. The monoisotopic (exact) mass is 408 g/mol. The van der Waals surface area contributed by atoms with E-state index in [1.165, 1.54) is 29.3 Å². The van der Waals surface area contributed by atoms with E-state index in [0.29, 0.717) is 23.2 Å². The molecule has 0 saturated carbocycles. The van der Waals surface area contributed by atoms with Crippen molar-refractivity contribution in [2.45, 2.75) is 26.8 Å². The SMILES string of the molecule is CC(C)Cc1ccc(CNc2cccc(NC(=O)c3cc(Cl)ccc3O)c2)cc1. The molecule has 0 heterocycles. The average Bonchev–Trinajstić information content (AvgIpc) is 2.69. The summed E-state index contributed by atoms with van der Waals surface area (Å²) < 4.78 is 0. The molecule has 3 N–H and O–H groups in total. The number of phenolic OH excluding ortho intramolecular Hbond substituents is 1.